The molecule has 138 valence electrons. The molecule has 0 bridgehead atoms. The maximum absolute atomic E-state index is 12.2. The van der Waals surface area contributed by atoms with Gasteiger partial charge >= 0.3 is 0 Å². The fourth-order valence-electron chi connectivity index (χ4n) is 2.38. The van der Waals surface area contributed by atoms with Crippen LogP contribution in [0.25, 0.3) is 11.4 Å². The highest BCUT2D eigenvalue weighted by Gasteiger charge is 2.15. The second-order valence-electron chi connectivity index (χ2n) is 5.68. The average molecular weight is 384 g/mol. The van der Waals surface area contributed by atoms with Gasteiger partial charge in [0.25, 0.3) is 5.69 Å². The van der Waals surface area contributed by atoms with E-state index in [2.05, 4.69) is 14.7 Å². The first kappa shape index (κ1) is 18.6. The Labute approximate surface area is 156 Å². The molecular formula is C18H16N4O4S. The van der Waals surface area contributed by atoms with Crippen LogP contribution in [-0.4, -0.2) is 29.9 Å². The molecule has 0 radical (unpaired) electrons. The third-order valence-corrected chi connectivity index (χ3v) is 5.28. The quantitative estimate of drug-likeness (QED) is 0.494. The fourth-order valence-corrected chi connectivity index (χ4v) is 3.41. The third-order valence-electron chi connectivity index (χ3n) is 3.80. The van der Waals surface area contributed by atoms with Crippen LogP contribution in [0.1, 0.15) is 5.56 Å². The first-order chi connectivity index (χ1) is 13.0. The monoisotopic (exact) mass is 384 g/mol. The number of non-ortho nitro benzene ring substituents is 1. The lowest BCUT2D eigenvalue weighted by Crippen LogP contribution is -2.26. The Hall–Kier alpha value is -3.17. The summed E-state index contributed by atoms with van der Waals surface area (Å²) in [4.78, 5) is 18.6. The highest BCUT2D eigenvalue weighted by Crippen LogP contribution is 2.16. The van der Waals surface area contributed by atoms with Gasteiger partial charge in [-0.25, -0.2) is 23.1 Å². The third kappa shape index (κ3) is 4.72. The standard InChI is InChI=1S/C18H16N4O4S/c23-22(24)16-6-8-17(9-7-16)27(25,26)21-11-10-14-12-19-18(20-13-14)15-4-2-1-3-5-15/h1-9,12-13,21H,10-11H2. The molecule has 8 nitrogen and oxygen atoms in total. The lowest BCUT2D eigenvalue weighted by Gasteiger charge is -2.07. The zero-order chi connectivity index (χ0) is 19.3. The van der Waals surface area contributed by atoms with E-state index in [0.717, 1.165) is 23.3 Å². The molecule has 3 rings (SSSR count). The van der Waals surface area contributed by atoms with Crippen LogP contribution in [0.3, 0.4) is 0 Å². The number of nitrogens with one attached hydrogen (secondary N) is 1. The van der Waals surface area contributed by atoms with E-state index in [9.17, 15) is 18.5 Å². The topological polar surface area (TPSA) is 115 Å². The number of sulfonamides is 1. The van der Waals surface area contributed by atoms with Crippen molar-refractivity contribution >= 4 is 15.7 Å². The van der Waals surface area contributed by atoms with Gasteiger partial charge in [0.1, 0.15) is 0 Å². The molecule has 0 saturated carbocycles. The number of hydrogen-bond acceptors (Lipinski definition) is 6. The van der Waals surface area contributed by atoms with Crippen LogP contribution in [0.15, 0.2) is 71.9 Å². The predicted molar refractivity (Wildman–Crippen MR) is 99.5 cm³/mol. The molecule has 0 spiro atoms. The number of rotatable bonds is 7. The first-order valence-electron chi connectivity index (χ1n) is 8.06. The molecule has 1 heterocycles. The van der Waals surface area contributed by atoms with Crippen LogP contribution < -0.4 is 4.72 Å². The van der Waals surface area contributed by atoms with Crippen molar-refractivity contribution in [3.63, 3.8) is 0 Å². The van der Waals surface area contributed by atoms with E-state index in [1.807, 2.05) is 30.3 Å². The maximum atomic E-state index is 12.2. The summed E-state index contributed by atoms with van der Waals surface area (Å²) in [7, 11) is -3.74. The van der Waals surface area contributed by atoms with Crippen molar-refractivity contribution in [3.8, 4) is 11.4 Å². The molecule has 0 amide bonds. The van der Waals surface area contributed by atoms with Gasteiger partial charge in [0, 0.05) is 36.6 Å². The number of benzene rings is 2. The Morgan fingerprint density at radius 3 is 2.19 bits per heavy atom. The average Bonchev–Trinajstić information content (AvgIpc) is 2.69. The van der Waals surface area contributed by atoms with Crippen LogP contribution in [0.2, 0.25) is 0 Å². The van der Waals surface area contributed by atoms with E-state index >= 15 is 0 Å². The van der Waals surface area contributed by atoms with Crippen molar-refractivity contribution < 1.29 is 13.3 Å². The minimum absolute atomic E-state index is 0.0243. The maximum Gasteiger partial charge on any atom is 0.269 e. The Balaban J connectivity index is 1.59. The normalized spacial score (nSPS) is 11.3. The van der Waals surface area contributed by atoms with E-state index in [0.29, 0.717) is 12.2 Å². The molecule has 27 heavy (non-hydrogen) atoms. The van der Waals surface area contributed by atoms with Gasteiger partial charge in [0.2, 0.25) is 10.0 Å². The van der Waals surface area contributed by atoms with E-state index in [1.165, 1.54) is 12.1 Å². The molecule has 0 aliphatic heterocycles. The van der Waals surface area contributed by atoms with Gasteiger partial charge in [-0.1, -0.05) is 30.3 Å². The van der Waals surface area contributed by atoms with Crippen LogP contribution >= 0.6 is 0 Å². The van der Waals surface area contributed by atoms with Crippen molar-refractivity contribution in [3.05, 3.63) is 82.7 Å². The predicted octanol–water partition coefficient (Wildman–Crippen LogP) is 2.57. The summed E-state index contributed by atoms with van der Waals surface area (Å²) in [6.45, 7) is 0.160. The van der Waals surface area contributed by atoms with Crippen molar-refractivity contribution in [2.24, 2.45) is 0 Å². The van der Waals surface area contributed by atoms with Gasteiger partial charge < -0.3 is 0 Å². The second kappa shape index (κ2) is 8.02. The summed E-state index contributed by atoms with van der Waals surface area (Å²) in [5.74, 6) is 0.603. The Kier molecular flexibility index (Phi) is 5.53. The summed E-state index contributed by atoms with van der Waals surface area (Å²) >= 11 is 0. The number of hydrogen-bond donors (Lipinski definition) is 1. The summed E-state index contributed by atoms with van der Waals surface area (Å²) in [6, 6.07) is 14.3. The van der Waals surface area contributed by atoms with E-state index < -0.39 is 14.9 Å². The highest BCUT2D eigenvalue weighted by molar-refractivity contribution is 7.89. The minimum Gasteiger partial charge on any atom is -0.258 e. The van der Waals surface area contributed by atoms with E-state index in [-0.39, 0.29) is 17.1 Å². The largest absolute Gasteiger partial charge is 0.269 e. The summed E-state index contributed by atoms with van der Waals surface area (Å²) in [5.41, 5.74) is 1.54. The SMILES string of the molecule is O=[N+]([O-])c1ccc(S(=O)(=O)NCCc2cnc(-c3ccccc3)nc2)cc1. The number of nitro benzene ring substituents is 1. The van der Waals surface area contributed by atoms with E-state index in [4.69, 9.17) is 0 Å². The second-order valence-corrected chi connectivity index (χ2v) is 7.45. The molecule has 0 atom stereocenters. The molecule has 0 aliphatic rings. The van der Waals surface area contributed by atoms with Gasteiger partial charge in [-0.05, 0) is 24.1 Å². The van der Waals surface area contributed by atoms with Crippen LogP contribution in [0.4, 0.5) is 5.69 Å². The molecule has 9 heteroatoms. The molecule has 1 N–H and O–H groups in total. The Morgan fingerprint density at radius 2 is 1.59 bits per heavy atom. The van der Waals surface area contributed by atoms with Gasteiger partial charge in [0.15, 0.2) is 5.82 Å². The van der Waals surface area contributed by atoms with Gasteiger partial charge in [-0.3, -0.25) is 10.1 Å². The molecule has 0 unspecified atom stereocenters. The summed E-state index contributed by atoms with van der Waals surface area (Å²) in [5, 5.41) is 10.6. The molecule has 0 aliphatic carbocycles. The van der Waals surface area contributed by atoms with Gasteiger partial charge in [-0.2, -0.15) is 0 Å². The van der Waals surface area contributed by atoms with Crippen molar-refractivity contribution in [1.82, 2.24) is 14.7 Å². The van der Waals surface area contributed by atoms with Crippen LogP contribution in [-0.2, 0) is 16.4 Å². The fraction of sp³-hybridized carbons (Fsp3) is 0.111. The molecular weight excluding hydrogens is 368 g/mol. The molecule has 2 aromatic carbocycles. The minimum atomic E-state index is -3.74. The lowest BCUT2D eigenvalue weighted by molar-refractivity contribution is -0.384. The van der Waals surface area contributed by atoms with Gasteiger partial charge in [0.05, 0.1) is 9.82 Å². The summed E-state index contributed by atoms with van der Waals surface area (Å²) < 4.78 is 26.9. The molecule has 0 saturated heterocycles. The van der Waals surface area contributed by atoms with Crippen molar-refractivity contribution in [1.29, 1.82) is 0 Å². The Morgan fingerprint density at radius 1 is 0.963 bits per heavy atom. The molecule has 0 fully saturated rings. The zero-order valence-corrected chi connectivity index (χ0v) is 15.0. The first-order valence-corrected chi connectivity index (χ1v) is 9.54. The molecule has 1 aromatic heterocycles. The number of nitro groups is 1. The lowest BCUT2D eigenvalue weighted by atomic mass is 10.2. The smallest absolute Gasteiger partial charge is 0.258 e. The van der Waals surface area contributed by atoms with Crippen molar-refractivity contribution in [2.45, 2.75) is 11.3 Å². The molecule has 3 aromatic rings. The number of nitrogens with zero attached hydrogens (tertiary/aromatic N) is 3. The Bertz CT molecular complexity index is 1020. The summed E-state index contributed by atoms with van der Waals surface area (Å²) in [6.07, 6.45) is 3.74. The highest BCUT2D eigenvalue weighted by atomic mass is 32.2. The van der Waals surface area contributed by atoms with Crippen molar-refractivity contribution in [2.75, 3.05) is 6.54 Å². The zero-order valence-electron chi connectivity index (χ0n) is 14.1. The van der Waals surface area contributed by atoms with Crippen LogP contribution in [0.5, 0.6) is 0 Å². The van der Waals surface area contributed by atoms with Crippen LogP contribution in [0, 0.1) is 10.1 Å². The van der Waals surface area contributed by atoms with Gasteiger partial charge in [-0.15, -0.1) is 0 Å². The van der Waals surface area contributed by atoms with E-state index in [1.54, 1.807) is 12.4 Å². The number of aromatic nitrogens is 2.